The zero-order chi connectivity index (χ0) is 18.9. The van der Waals surface area contributed by atoms with E-state index in [0.29, 0.717) is 11.4 Å². The highest BCUT2D eigenvalue weighted by atomic mass is 16.2. The van der Waals surface area contributed by atoms with Crippen LogP contribution in [0.15, 0.2) is 54.6 Å². The second-order valence-corrected chi connectivity index (χ2v) is 6.03. The number of aryl methyl sites for hydroxylation is 1. The number of hydrogen-bond acceptors (Lipinski definition) is 5. The summed E-state index contributed by atoms with van der Waals surface area (Å²) in [5, 5.41) is 7.02. The Labute approximate surface area is 154 Å². The van der Waals surface area contributed by atoms with Gasteiger partial charge in [-0.2, -0.15) is 0 Å². The van der Waals surface area contributed by atoms with Crippen LogP contribution in [0.4, 0.5) is 21.9 Å². The maximum atomic E-state index is 12.1. The second-order valence-electron chi connectivity index (χ2n) is 6.03. The Morgan fingerprint density at radius 3 is 2.62 bits per heavy atom. The summed E-state index contributed by atoms with van der Waals surface area (Å²) in [6.07, 6.45) is 7.94. The number of hydrazine groups is 1. The average Bonchev–Trinajstić information content (AvgIpc) is 2.62. The molecule has 0 fully saturated rings. The van der Waals surface area contributed by atoms with Crippen LogP contribution in [-0.2, 0) is 0 Å². The molecule has 1 heterocycles. The van der Waals surface area contributed by atoms with Crippen LogP contribution in [0.25, 0.3) is 0 Å². The molecule has 6 N–H and O–H groups in total. The van der Waals surface area contributed by atoms with Crippen molar-refractivity contribution in [3.8, 4) is 0 Å². The average molecular weight is 354 g/mol. The van der Waals surface area contributed by atoms with E-state index in [-0.39, 0.29) is 6.03 Å². The predicted molar refractivity (Wildman–Crippen MR) is 107 cm³/mol. The van der Waals surface area contributed by atoms with Crippen molar-refractivity contribution in [1.29, 1.82) is 0 Å². The summed E-state index contributed by atoms with van der Waals surface area (Å²) < 4.78 is 0. The highest BCUT2D eigenvalue weighted by Crippen LogP contribution is 2.18. The van der Waals surface area contributed by atoms with E-state index in [1.807, 2.05) is 25.1 Å². The Balaban J connectivity index is 1.94. The van der Waals surface area contributed by atoms with Gasteiger partial charge in [-0.1, -0.05) is 13.3 Å². The van der Waals surface area contributed by atoms with Gasteiger partial charge in [-0.25, -0.2) is 10.6 Å². The number of carbonyl (C=O) groups excluding carboxylic acids is 1. The number of unbranched alkanes of at least 4 members (excludes halogenated alkanes) is 1. The van der Waals surface area contributed by atoms with Crippen LogP contribution in [0.3, 0.4) is 0 Å². The molecule has 0 unspecified atom stereocenters. The van der Waals surface area contributed by atoms with Gasteiger partial charge in [0.2, 0.25) is 0 Å². The monoisotopic (exact) mass is 354 g/mol. The number of pyridine rings is 1. The third-order valence-electron chi connectivity index (χ3n) is 3.83. The smallest absolute Gasteiger partial charge is 0.323 e. The topological polar surface area (TPSA) is 109 Å². The van der Waals surface area contributed by atoms with E-state index in [9.17, 15) is 4.79 Å². The summed E-state index contributed by atoms with van der Waals surface area (Å²) >= 11 is 0. The first-order valence-electron chi connectivity index (χ1n) is 8.58. The van der Waals surface area contributed by atoms with E-state index in [1.54, 1.807) is 30.7 Å². The lowest BCUT2D eigenvalue weighted by Crippen LogP contribution is -2.26. The standard InChI is InChI=1S/C19H26N6O/c1-3-4-5-15(20)13-25(21)17-8-6-16(7-9-17)23-19(26)24-18-12-22-11-10-14(18)2/h6-13H,3-5,20-21H2,1-2H3,(H2,23,24,26)/b15-13-. The molecule has 0 atom stereocenters. The van der Waals surface area contributed by atoms with Gasteiger partial charge in [-0.05, 0) is 55.7 Å². The van der Waals surface area contributed by atoms with E-state index in [0.717, 1.165) is 36.2 Å². The maximum Gasteiger partial charge on any atom is 0.323 e. The number of anilines is 3. The predicted octanol–water partition coefficient (Wildman–Crippen LogP) is 3.70. The van der Waals surface area contributed by atoms with Crippen molar-refractivity contribution >= 4 is 23.1 Å². The van der Waals surface area contributed by atoms with Gasteiger partial charge in [0.1, 0.15) is 0 Å². The molecule has 0 aliphatic carbocycles. The van der Waals surface area contributed by atoms with Gasteiger partial charge in [0, 0.05) is 23.8 Å². The molecule has 138 valence electrons. The first-order valence-corrected chi connectivity index (χ1v) is 8.58. The molecule has 7 nitrogen and oxygen atoms in total. The van der Waals surface area contributed by atoms with Crippen LogP contribution >= 0.6 is 0 Å². The van der Waals surface area contributed by atoms with Crippen LogP contribution in [-0.4, -0.2) is 11.0 Å². The van der Waals surface area contributed by atoms with Gasteiger partial charge in [-0.15, -0.1) is 0 Å². The Hall–Kier alpha value is -3.06. The molecule has 0 spiro atoms. The number of aromatic nitrogens is 1. The summed E-state index contributed by atoms with van der Waals surface area (Å²) in [7, 11) is 0. The summed E-state index contributed by atoms with van der Waals surface area (Å²) in [4.78, 5) is 16.1. The molecule has 0 aliphatic rings. The first kappa shape index (κ1) is 19.3. The van der Waals surface area contributed by atoms with Crippen LogP contribution < -0.4 is 27.2 Å². The molecule has 0 saturated heterocycles. The van der Waals surface area contributed by atoms with Crippen molar-refractivity contribution in [2.24, 2.45) is 11.6 Å². The third-order valence-corrected chi connectivity index (χ3v) is 3.83. The minimum Gasteiger partial charge on any atom is -0.401 e. The normalized spacial score (nSPS) is 11.1. The van der Waals surface area contributed by atoms with Gasteiger partial charge in [0.25, 0.3) is 0 Å². The van der Waals surface area contributed by atoms with Gasteiger partial charge in [0.05, 0.1) is 17.6 Å². The molecule has 26 heavy (non-hydrogen) atoms. The fourth-order valence-electron chi connectivity index (χ4n) is 2.30. The molecule has 0 aliphatic heterocycles. The van der Waals surface area contributed by atoms with E-state index < -0.39 is 0 Å². The number of allylic oxidation sites excluding steroid dienone is 1. The molecule has 7 heteroatoms. The lowest BCUT2D eigenvalue weighted by atomic mass is 10.2. The molecule has 2 rings (SSSR count). The minimum atomic E-state index is -0.331. The number of nitrogens with two attached hydrogens (primary N) is 2. The largest absolute Gasteiger partial charge is 0.401 e. The summed E-state index contributed by atoms with van der Waals surface area (Å²) in [5.41, 5.74) is 9.73. The minimum absolute atomic E-state index is 0.331. The van der Waals surface area contributed by atoms with E-state index in [4.69, 9.17) is 11.6 Å². The zero-order valence-electron chi connectivity index (χ0n) is 15.2. The SMILES string of the molecule is CCCC/C(N)=C/N(N)c1ccc(NC(=O)Nc2cnccc2C)cc1. The van der Waals surface area contributed by atoms with Gasteiger partial charge >= 0.3 is 6.03 Å². The van der Waals surface area contributed by atoms with Crippen molar-refractivity contribution in [2.75, 3.05) is 15.6 Å². The van der Waals surface area contributed by atoms with Crippen molar-refractivity contribution in [2.45, 2.75) is 33.1 Å². The Morgan fingerprint density at radius 2 is 1.96 bits per heavy atom. The number of nitrogens with one attached hydrogen (secondary N) is 2. The van der Waals surface area contributed by atoms with Crippen molar-refractivity contribution in [3.05, 3.63) is 60.2 Å². The third kappa shape index (κ3) is 5.78. The molecule has 0 bridgehead atoms. The highest BCUT2D eigenvalue weighted by Gasteiger charge is 2.06. The summed E-state index contributed by atoms with van der Waals surface area (Å²) in [6, 6.07) is 8.69. The van der Waals surface area contributed by atoms with E-state index >= 15 is 0 Å². The first-order chi connectivity index (χ1) is 12.5. The number of benzene rings is 1. The van der Waals surface area contributed by atoms with Gasteiger partial charge < -0.3 is 16.4 Å². The number of amides is 2. The lowest BCUT2D eigenvalue weighted by Gasteiger charge is -2.16. The molecule has 1 aromatic heterocycles. The molecule has 2 amide bonds. The van der Waals surface area contributed by atoms with Crippen LogP contribution in [0, 0.1) is 6.92 Å². The number of urea groups is 1. The van der Waals surface area contributed by atoms with Crippen molar-refractivity contribution < 1.29 is 4.79 Å². The summed E-state index contributed by atoms with van der Waals surface area (Å²) in [5.74, 6) is 6.01. The fourth-order valence-corrected chi connectivity index (χ4v) is 2.30. The summed E-state index contributed by atoms with van der Waals surface area (Å²) in [6.45, 7) is 4.02. The molecule has 0 radical (unpaired) electrons. The van der Waals surface area contributed by atoms with Gasteiger partial charge in [-0.3, -0.25) is 9.99 Å². The van der Waals surface area contributed by atoms with Crippen LogP contribution in [0.5, 0.6) is 0 Å². The van der Waals surface area contributed by atoms with Gasteiger partial charge in [0.15, 0.2) is 0 Å². The maximum absolute atomic E-state index is 12.1. The molecular formula is C19H26N6O. The van der Waals surface area contributed by atoms with Crippen molar-refractivity contribution in [3.63, 3.8) is 0 Å². The number of carbonyl (C=O) groups is 1. The van der Waals surface area contributed by atoms with E-state index in [1.165, 1.54) is 5.01 Å². The Kier molecular flexibility index (Phi) is 6.99. The fraction of sp³-hybridized carbons (Fsp3) is 0.263. The number of nitrogens with zero attached hydrogens (tertiary/aromatic N) is 2. The molecule has 0 saturated carbocycles. The Morgan fingerprint density at radius 1 is 1.23 bits per heavy atom. The van der Waals surface area contributed by atoms with Crippen molar-refractivity contribution in [1.82, 2.24) is 4.98 Å². The number of rotatable bonds is 7. The van der Waals surface area contributed by atoms with Crippen LogP contribution in [0.2, 0.25) is 0 Å². The lowest BCUT2D eigenvalue weighted by molar-refractivity contribution is 0.262. The zero-order valence-corrected chi connectivity index (χ0v) is 15.2. The quantitative estimate of drug-likeness (QED) is 0.448. The second kappa shape index (κ2) is 9.43. The molecular weight excluding hydrogens is 328 g/mol. The highest BCUT2D eigenvalue weighted by molar-refractivity contribution is 6.00. The molecule has 2 aromatic rings. The van der Waals surface area contributed by atoms with E-state index in [2.05, 4.69) is 22.5 Å². The molecule has 1 aromatic carbocycles. The number of hydrogen-bond donors (Lipinski definition) is 4. The Bertz CT molecular complexity index is 757. The van der Waals surface area contributed by atoms with Crippen LogP contribution in [0.1, 0.15) is 31.7 Å².